The Bertz CT molecular complexity index is 624. The van der Waals surface area contributed by atoms with Crippen molar-refractivity contribution in [3.05, 3.63) is 29.8 Å². The normalized spacial score (nSPS) is 15.6. The first-order valence-electron chi connectivity index (χ1n) is 6.78. The molecule has 0 spiro atoms. The predicted octanol–water partition coefficient (Wildman–Crippen LogP) is 0.986. The smallest absolute Gasteiger partial charge is 0.317 e. The molecule has 1 aromatic carbocycles. The van der Waals surface area contributed by atoms with E-state index in [4.69, 9.17) is 5.11 Å². The van der Waals surface area contributed by atoms with Crippen LogP contribution in [0.3, 0.4) is 0 Å². The van der Waals surface area contributed by atoms with Crippen molar-refractivity contribution in [2.75, 3.05) is 20.6 Å². The summed E-state index contributed by atoms with van der Waals surface area (Å²) < 4.78 is 25.4. The zero-order valence-electron chi connectivity index (χ0n) is 12.2. The molecular weight excluding hydrogens is 292 g/mol. The number of carboxylic acids is 1. The van der Waals surface area contributed by atoms with Gasteiger partial charge in [0, 0.05) is 26.7 Å². The van der Waals surface area contributed by atoms with Crippen molar-refractivity contribution in [1.82, 2.24) is 9.21 Å². The lowest BCUT2D eigenvalue weighted by molar-refractivity contribution is -0.138. The van der Waals surface area contributed by atoms with Crippen molar-refractivity contribution in [2.24, 2.45) is 0 Å². The maximum absolute atomic E-state index is 12.1. The van der Waals surface area contributed by atoms with Crippen LogP contribution in [0.2, 0.25) is 0 Å². The van der Waals surface area contributed by atoms with Crippen LogP contribution in [-0.4, -0.2) is 55.4 Å². The Kier molecular flexibility index (Phi) is 4.65. The summed E-state index contributed by atoms with van der Waals surface area (Å²) in [7, 11) is -0.486. The Labute approximate surface area is 125 Å². The first-order valence-corrected chi connectivity index (χ1v) is 8.22. The van der Waals surface area contributed by atoms with Gasteiger partial charge < -0.3 is 5.11 Å². The highest BCUT2D eigenvalue weighted by atomic mass is 32.2. The van der Waals surface area contributed by atoms with Gasteiger partial charge in [-0.2, -0.15) is 0 Å². The second-order valence-electron chi connectivity index (χ2n) is 5.46. The van der Waals surface area contributed by atoms with E-state index in [-0.39, 0.29) is 11.4 Å². The minimum Gasteiger partial charge on any atom is -0.480 e. The lowest BCUT2D eigenvalue weighted by atomic mass is 10.2. The third-order valence-electron chi connectivity index (χ3n) is 3.46. The molecule has 1 aliphatic rings. The van der Waals surface area contributed by atoms with Gasteiger partial charge in [0.15, 0.2) is 0 Å². The van der Waals surface area contributed by atoms with Crippen LogP contribution >= 0.6 is 0 Å². The molecule has 6 nitrogen and oxygen atoms in total. The van der Waals surface area contributed by atoms with Crippen LogP contribution in [0.1, 0.15) is 18.4 Å². The SMILES string of the molecule is CN(C)S(=O)(=O)c1cccc(CN(CC(=O)O)C2CC2)c1. The van der Waals surface area contributed by atoms with Crippen molar-refractivity contribution < 1.29 is 18.3 Å². The van der Waals surface area contributed by atoms with Crippen molar-refractivity contribution in [1.29, 1.82) is 0 Å². The molecule has 1 fully saturated rings. The fourth-order valence-corrected chi connectivity index (χ4v) is 3.15. The fourth-order valence-electron chi connectivity index (χ4n) is 2.18. The number of carbonyl (C=O) groups is 1. The third-order valence-corrected chi connectivity index (χ3v) is 5.28. The van der Waals surface area contributed by atoms with Crippen LogP contribution in [0.4, 0.5) is 0 Å². The molecule has 1 aliphatic carbocycles. The van der Waals surface area contributed by atoms with Crippen LogP contribution in [0, 0.1) is 0 Å². The van der Waals surface area contributed by atoms with Crippen molar-refractivity contribution in [2.45, 2.75) is 30.3 Å². The maximum Gasteiger partial charge on any atom is 0.317 e. The molecule has 0 aromatic heterocycles. The summed E-state index contributed by atoms with van der Waals surface area (Å²) in [6.07, 6.45) is 2.01. The van der Waals surface area contributed by atoms with Gasteiger partial charge in [0.25, 0.3) is 0 Å². The van der Waals surface area contributed by atoms with E-state index in [1.165, 1.54) is 18.4 Å². The van der Waals surface area contributed by atoms with Crippen molar-refractivity contribution >= 4 is 16.0 Å². The summed E-state index contributed by atoms with van der Waals surface area (Å²) in [5.41, 5.74) is 0.811. The molecule has 0 amide bonds. The molecule has 0 bridgehead atoms. The zero-order valence-corrected chi connectivity index (χ0v) is 13.0. The minimum absolute atomic E-state index is 0.0185. The van der Waals surface area contributed by atoms with E-state index in [0.29, 0.717) is 12.6 Å². The third kappa shape index (κ3) is 4.03. The lowest BCUT2D eigenvalue weighted by Gasteiger charge is -2.20. The van der Waals surface area contributed by atoms with Crippen molar-refractivity contribution in [3.63, 3.8) is 0 Å². The summed E-state index contributed by atoms with van der Waals surface area (Å²) in [6.45, 7) is 0.434. The average Bonchev–Trinajstić information content (AvgIpc) is 3.22. The quantitative estimate of drug-likeness (QED) is 0.812. The second kappa shape index (κ2) is 6.13. The van der Waals surface area contributed by atoms with Gasteiger partial charge in [-0.25, -0.2) is 12.7 Å². The van der Waals surface area contributed by atoms with Crippen LogP contribution < -0.4 is 0 Å². The molecule has 0 atom stereocenters. The summed E-state index contributed by atoms with van der Waals surface area (Å²) >= 11 is 0. The second-order valence-corrected chi connectivity index (χ2v) is 7.62. The summed E-state index contributed by atoms with van der Waals surface area (Å²) in [5.74, 6) is -0.862. The van der Waals surface area contributed by atoms with Gasteiger partial charge in [0.1, 0.15) is 0 Å². The predicted molar refractivity (Wildman–Crippen MR) is 78.4 cm³/mol. The first-order chi connectivity index (χ1) is 9.80. The molecule has 1 aromatic rings. The topological polar surface area (TPSA) is 77.9 Å². The van der Waals surface area contributed by atoms with E-state index in [1.807, 2.05) is 11.0 Å². The van der Waals surface area contributed by atoms with E-state index < -0.39 is 16.0 Å². The van der Waals surface area contributed by atoms with Gasteiger partial charge >= 0.3 is 5.97 Å². The number of hydrogen-bond acceptors (Lipinski definition) is 4. The van der Waals surface area contributed by atoms with E-state index >= 15 is 0 Å². The molecule has 7 heteroatoms. The van der Waals surface area contributed by atoms with Crippen LogP contribution in [0.25, 0.3) is 0 Å². The molecule has 0 unspecified atom stereocenters. The monoisotopic (exact) mass is 312 g/mol. The fraction of sp³-hybridized carbons (Fsp3) is 0.500. The number of sulfonamides is 1. The molecular formula is C14H20N2O4S. The van der Waals surface area contributed by atoms with Gasteiger partial charge in [-0.1, -0.05) is 12.1 Å². The van der Waals surface area contributed by atoms with Crippen molar-refractivity contribution in [3.8, 4) is 0 Å². The molecule has 1 N–H and O–H groups in total. The standard InChI is InChI=1S/C14H20N2O4S/c1-15(2)21(19,20)13-5-3-4-11(8-13)9-16(10-14(17)18)12-6-7-12/h3-5,8,12H,6-7,9-10H2,1-2H3,(H,17,18). The number of rotatable bonds is 7. The van der Waals surface area contributed by atoms with Gasteiger partial charge in [-0.05, 0) is 30.5 Å². The highest BCUT2D eigenvalue weighted by Gasteiger charge is 2.30. The van der Waals surface area contributed by atoms with Gasteiger partial charge in [-0.3, -0.25) is 9.69 Å². The van der Waals surface area contributed by atoms with E-state index in [2.05, 4.69) is 0 Å². The van der Waals surface area contributed by atoms with Crippen LogP contribution in [0.15, 0.2) is 29.2 Å². The Morgan fingerprint density at radius 1 is 1.33 bits per heavy atom. The molecule has 0 radical (unpaired) electrons. The molecule has 21 heavy (non-hydrogen) atoms. The Morgan fingerprint density at radius 2 is 2.00 bits per heavy atom. The van der Waals surface area contributed by atoms with E-state index in [0.717, 1.165) is 18.4 Å². The lowest BCUT2D eigenvalue weighted by Crippen LogP contribution is -2.31. The first kappa shape index (κ1) is 15.9. The summed E-state index contributed by atoms with van der Waals surface area (Å²) in [5, 5.41) is 8.95. The maximum atomic E-state index is 12.1. The Hall–Kier alpha value is -1.44. The summed E-state index contributed by atoms with van der Waals surface area (Å²) in [6, 6.07) is 6.99. The van der Waals surface area contributed by atoms with Gasteiger partial charge in [0.2, 0.25) is 10.0 Å². The number of benzene rings is 1. The van der Waals surface area contributed by atoms with Gasteiger partial charge in [-0.15, -0.1) is 0 Å². The van der Waals surface area contributed by atoms with Crippen LogP contribution in [0.5, 0.6) is 0 Å². The van der Waals surface area contributed by atoms with E-state index in [9.17, 15) is 13.2 Å². The highest BCUT2D eigenvalue weighted by Crippen LogP contribution is 2.28. The number of carboxylic acid groups (broad SMARTS) is 1. The molecule has 2 rings (SSSR count). The minimum atomic E-state index is -3.46. The molecule has 0 heterocycles. The molecule has 0 aliphatic heterocycles. The Balaban J connectivity index is 2.19. The Morgan fingerprint density at radius 3 is 2.52 bits per heavy atom. The van der Waals surface area contributed by atoms with Crippen LogP contribution in [-0.2, 0) is 21.4 Å². The number of hydrogen-bond donors (Lipinski definition) is 1. The number of aliphatic carboxylic acids is 1. The van der Waals surface area contributed by atoms with E-state index in [1.54, 1.807) is 18.2 Å². The molecule has 1 saturated carbocycles. The van der Waals surface area contributed by atoms with Gasteiger partial charge in [0.05, 0.1) is 11.4 Å². The highest BCUT2D eigenvalue weighted by molar-refractivity contribution is 7.89. The summed E-state index contributed by atoms with van der Waals surface area (Å²) in [4.78, 5) is 13.0. The molecule has 116 valence electrons. The average molecular weight is 312 g/mol. The zero-order chi connectivity index (χ0) is 15.6. The molecule has 0 saturated heterocycles. The number of nitrogens with zero attached hydrogens (tertiary/aromatic N) is 2. The largest absolute Gasteiger partial charge is 0.480 e.